The molecule has 1 aromatic rings. The number of unbranched alkanes of at least 4 members (excludes halogenated alkanes) is 9. The van der Waals surface area contributed by atoms with Gasteiger partial charge in [-0.15, -0.1) is 0 Å². The van der Waals surface area contributed by atoms with Crippen molar-refractivity contribution in [3.8, 4) is 35.0 Å². The predicted molar refractivity (Wildman–Crippen MR) is 153 cm³/mol. The van der Waals surface area contributed by atoms with Crippen molar-refractivity contribution in [3.63, 3.8) is 0 Å². The van der Waals surface area contributed by atoms with Gasteiger partial charge in [0.2, 0.25) is 11.5 Å². The van der Waals surface area contributed by atoms with Gasteiger partial charge in [-0.2, -0.15) is 0 Å². The van der Waals surface area contributed by atoms with E-state index in [0.29, 0.717) is 11.5 Å². The van der Waals surface area contributed by atoms with Crippen LogP contribution in [-0.4, -0.2) is 36.8 Å². The van der Waals surface area contributed by atoms with E-state index in [1.54, 1.807) is 28.4 Å². The molecule has 0 aliphatic rings. The zero-order valence-electron chi connectivity index (χ0n) is 24.8. The van der Waals surface area contributed by atoms with E-state index in [4.69, 9.17) is 23.4 Å². The molecule has 0 atom stereocenters. The van der Waals surface area contributed by atoms with Crippen molar-refractivity contribution in [1.29, 1.82) is 0 Å². The molecule has 1 rings (SSSR count). The Balaban J connectivity index is 2.28. The summed E-state index contributed by atoms with van der Waals surface area (Å²) >= 11 is 0. The fourth-order valence-electron chi connectivity index (χ4n) is 4.07. The molecule has 0 radical (unpaired) electrons. The fraction of sp³-hybridized carbons (Fsp3) is 0.733. The maximum absolute atomic E-state index is 5.92. The van der Waals surface area contributed by atoms with Crippen LogP contribution in [0, 0.1) is 19.0 Å². The largest absolute Gasteiger partial charge is 0.500 e. The molecule has 0 aliphatic carbocycles. The summed E-state index contributed by atoms with van der Waals surface area (Å²) in [7, 11) is 4.87. The minimum Gasteiger partial charge on any atom is -0.500 e. The highest BCUT2D eigenvalue weighted by molar-refractivity contribution is 6.74. The van der Waals surface area contributed by atoms with Crippen LogP contribution in [0.25, 0.3) is 0 Å². The van der Waals surface area contributed by atoms with Gasteiger partial charge in [0.25, 0.3) is 8.32 Å². The minimum atomic E-state index is -1.74. The van der Waals surface area contributed by atoms with Gasteiger partial charge in [0.05, 0.1) is 34.5 Å². The highest BCUT2D eigenvalue weighted by Gasteiger charge is 2.38. The number of methoxy groups -OCH3 is 4. The van der Waals surface area contributed by atoms with Crippen LogP contribution in [-0.2, 0) is 10.8 Å². The van der Waals surface area contributed by atoms with Crippen molar-refractivity contribution in [3.05, 3.63) is 11.1 Å². The van der Waals surface area contributed by atoms with Crippen LogP contribution in [0.2, 0.25) is 18.1 Å². The minimum absolute atomic E-state index is 0.213. The van der Waals surface area contributed by atoms with Gasteiger partial charge in [-0.1, -0.05) is 71.6 Å². The summed E-state index contributed by atoms with van der Waals surface area (Å²) < 4.78 is 28.4. The number of ether oxygens (including phenoxy) is 4. The third-order valence-electron chi connectivity index (χ3n) is 7.42. The monoisotopic (exact) mass is 520 g/mol. The van der Waals surface area contributed by atoms with Crippen LogP contribution in [0.5, 0.6) is 23.0 Å². The predicted octanol–water partition coefficient (Wildman–Crippen LogP) is 8.46. The van der Waals surface area contributed by atoms with E-state index in [2.05, 4.69) is 52.8 Å². The van der Waals surface area contributed by atoms with Gasteiger partial charge in [0, 0.05) is 17.5 Å². The second kappa shape index (κ2) is 16.0. The van der Waals surface area contributed by atoms with Gasteiger partial charge >= 0.3 is 0 Å². The molecule has 0 aromatic heterocycles. The lowest BCUT2D eigenvalue weighted by atomic mass is 9.98. The van der Waals surface area contributed by atoms with Crippen LogP contribution in [0.15, 0.2) is 0 Å². The highest BCUT2D eigenvalue weighted by Crippen LogP contribution is 2.49. The van der Waals surface area contributed by atoms with Gasteiger partial charge in [-0.3, -0.25) is 0 Å². The Hall–Kier alpha value is -2.00. The molecule has 0 saturated carbocycles. The molecule has 1 aromatic carbocycles. The van der Waals surface area contributed by atoms with Crippen molar-refractivity contribution in [2.24, 2.45) is 0 Å². The first kappa shape index (κ1) is 32.0. The average molecular weight is 521 g/mol. The molecule has 0 unspecified atom stereocenters. The van der Waals surface area contributed by atoms with Crippen LogP contribution >= 0.6 is 0 Å². The van der Waals surface area contributed by atoms with Crippen LogP contribution in [0.1, 0.15) is 96.1 Å². The van der Waals surface area contributed by atoms with Crippen molar-refractivity contribution in [2.75, 3.05) is 28.4 Å². The number of rotatable bonds is 16. The molecule has 6 heteroatoms. The number of hydrogen-bond acceptors (Lipinski definition) is 5. The molecule has 0 bridgehead atoms. The van der Waals surface area contributed by atoms with Crippen LogP contribution in [0.3, 0.4) is 0 Å². The number of benzene rings is 1. The molecule has 206 valence electrons. The maximum Gasteiger partial charge on any atom is 0.264 e. The van der Waals surface area contributed by atoms with Gasteiger partial charge in [0.1, 0.15) is 0 Å². The van der Waals surface area contributed by atoms with Gasteiger partial charge in [-0.05, 0) is 44.3 Å². The molecule has 0 saturated heterocycles. The molecule has 36 heavy (non-hydrogen) atoms. The first-order valence-corrected chi connectivity index (χ1v) is 16.5. The molecule has 5 nitrogen and oxygen atoms in total. The van der Waals surface area contributed by atoms with Gasteiger partial charge in [-0.25, -0.2) is 0 Å². The Labute approximate surface area is 222 Å². The topological polar surface area (TPSA) is 46.2 Å². The Morgan fingerprint density at radius 3 is 1.56 bits per heavy atom. The second-order valence-corrected chi connectivity index (χ2v) is 15.8. The van der Waals surface area contributed by atoms with E-state index in [1.807, 2.05) is 0 Å². The van der Waals surface area contributed by atoms with Gasteiger partial charge < -0.3 is 23.4 Å². The lowest BCUT2D eigenvalue weighted by Gasteiger charge is -2.33. The molecule has 0 fully saturated rings. The van der Waals surface area contributed by atoms with Crippen LogP contribution < -0.4 is 18.9 Å². The fourth-order valence-corrected chi connectivity index (χ4v) is 4.71. The van der Waals surface area contributed by atoms with Crippen molar-refractivity contribution < 1.29 is 23.4 Å². The van der Waals surface area contributed by atoms with E-state index in [-0.39, 0.29) is 5.04 Å². The maximum atomic E-state index is 5.92. The van der Waals surface area contributed by atoms with Crippen molar-refractivity contribution in [1.82, 2.24) is 0 Å². The lowest BCUT2D eigenvalue weighted by molar-refractivity contribution is 0.302. The first-order valence-electron chi connectivity index (χ1n) is 13.6. The third-order valence-corrected chi connectivity index (χ3v) is 11.6. The van der Waals surface area contributed by atoms with E-state index in [9.17, 15) is 0 Å². The molecule has 0 aliphatic heterocycles. The smallest absolute Gasteiger partial charge is 0.264 e. The summed E-state index contributed by atoms with van der Waals surface area (Å²) in [5.41, 5.74) is 2.20. The van der Waals surface area contributed by atoms with E-state index in [1.165, 1.54) is 51.4 Å². The lowest BCUT2D eigenvalue weighted by Crippen LogP contribution is -2.39. The summed E-state index contributed by atoms with van der Waals surface area (Å²) in [4.78, 5) is 0. The van der Waals surface area contributed by atoms with E-state index >= 15 is 0 Å². The summed E-state index contributed by atoms with van der Waals surface area (Å²) in [5.74, 6) is 5.88. The normalized spacial score (nSPS) is 11.5. The summed E-state index contributed by atoms with van der Waals surface area (Å²) in [6, 6.07) is 0. The average Bonchev–Trinajstić information content (AvgIpc) is 2.83. The van der Waals surface area contributed by atoms with E-state index in [0.717, 1.165) is 41.9 Å². The Morgan fingerprint density at radius 2 is 1.08 bits per heavy atom. The first-order chi connectivity index (χ1) is 17.1. The Kier molecular flexibility index (Phi) is 14.2. The molecule has 0 amide bonds. The zero-order chi connectivity index (χ0) is 27.2. The molecule has 0 N–H and O–H groups in total. The summed E-state index contributed by atoms with van der Waals surface area (Å²) in [6.07, 6.45) is 16.1. The Morgan fingerprint density at radius 1 is 0.639 bits per heavy atom. The quantitative estimate of drug-likeness (QED) is 0.124. The van der Waals surface area contributed by atoms with E-state index < -0.39 is 8.32 Å². The van der Waals surface area contributed by atoms with Gasteiger partial charge in [0.15, 0.2) is 11.5 Å². The zero-order valence-corrected chi connectivity index (χ0v) is 25.8. The van der Waals surface area contributed by atoms with Crippen molar-refractivity contribution >= 4 is 8.32 Å². The Bertz CT molecular complexity index is 846. The van der Waals surface area contributed by atoms with Crippen molar-refractivity contribution in [2.45, 2.75) is 116 Å². The standard InChI is InChI=1S/C30H52O5Si/c1-24-25(27(32-6)29(34-8)28(33-7)26(24)31-5)22-20-18-16-14-12-11-13-15-17-19-21-23-35-36(9,10)30(2,3)4/h11-20,22H2,1-10H3. The highest BCUT2D eigenvalue weighted by atomic mass is 28.4. The van der Waals surface area contributed by atoms with Crippen LogP contribution in [0.4, 0.5) is 0 Å². The second-order valence-electron chi connectivity index (χ2n) is 11.1. The molecule has 0 spiro atoms. The SMILES string of the molecule is COc1c(C)c(CCCCCCCCCCCC#CO[Si](C)(C)C(C)(C)C)c(OC)c(OC)c1OC. The third kappa shape index (κ3) is 9.46. The summed E-state index contributed by atoms with van der Waals surface area (Å²) in [5, 5.41) is 0.213. The summed E-state index contributed by atoms with van der Waals surface area (Å²) in [6.45, 7) is 13.3. The molecular formula is C30H52O5Si. The molecule has 0 heterocycles. The number of hydrogen-bond donors (Lipinski definition) is 0. The molecular weight excluding hydrogens is 468 g/mol.